The summed E-state index contributed by atoms with van der Waals surface area (Å²) in [5.41, 5.74) is 1.99. The lowest BCUT2D eigenvalue weighted by Gasteiger charge is -2.18. The number of amidine groups is 1. The molecule has 32 heavy (non-hydrogen) atoms. The molecule has 1 amide bonds. The van der Waals surface area contributed by atoms with Gasteiger partial charge in [0, 0.05) is 5.75 Å². The minimum Gasteiger partial charge on any atom is -0.494 e. The van der Waals surface area contributed by atoms with Gasteiger partial charge in [-0.3, -0.25) is 9.69 Å². The molecule has 1 heterocycles. The largest absolute Gasteiger partial charge is 0.494 e. The number of carbonyl (C=O) groups excluding carboxylic acids is 1. The van der Waals surface area contributed by atoms with E-state index in [-0.39, 0.29) is 5.91 Å². The Balaban J connectivity index is 1.92. The van der Waals surface area contributed by atoms with E-state index in [4.69, 9.17) is 14.2 Å². The molecule has 0 radical (unpaired) electrons. The van der Waals surface area contributed by atoms with Gasteiger partial charge in [-0.1, -0.05) is 31.2 Å². The van der Waals surface area contributed by atoms with Crippen LogP contribution in [0.2, 0.25) is 0 Å². The van der Waals surface area contributed by atoms with Gasteiger partial charge in [0.05, 0.1) is 26.0 Å². The quantitative estimate of drug-likeness (QED) is 0.337. The first-order valence-electron chi connectivity index (χ1n) is 10.9. The molecule has 1 aliphatic rings. The Morgan fingerprint density at radius 1 is 1.00 bits per heavy atom. The molecule has 0 N–H and O–H groups in total. The Hall–Kier alpha value is -2.93. The average Bonchev–Trinajstić information content (AvgIpc) is 3.10. The van der Waals surface area contributed by atoms with Crippen molar-refractivity contribution < 1.29 is 19.0 Å². The Labute approximate surface area is 194 Å². The Bertz CT molecular complexity index is 986. The van der Waals surface area contributed by atoms with Gasteiger partial charge in [0.2, 0.25) is 0 Å². The summed E-state index contributed by atoms with van der Waals surface area (Å²) in [6, 6.07) is 13.1. The van der Waals surface area contributed by atoms with Crippen molar-refractivity contribution in [2.45, 2.75) is 33.6 Å². The monoisotopic (exact) mass is 454 g/mol. The van der Waals surface area contributed by atoms with Crippen LogP contribution in [0.4, 0.5) is 5.69 Å². The van der Waals surface area contributed by atoms with Crippen molar-refractivity contribution in [1.82, 2.24) is 0 Å². The standard InChI is InChI=1S/C25H30N2O4S/c1-5-8-15-32-25-26-21(16-18-9-14-22(31-7-3)23(17-18)29-4)24(28)27(25)19-10-12-20(13-11-19)30-6-2/h9-14,16-17H,5-8,15H2,1-4H3. The first-order valence-corrected chi connectivity index (χ1v) is 11.9. The van der Waals surface area contributed by atoms with Crippen molar-refractivity contribution in [2.75, 3.05) is 31.0 Å². The number of amides is 1. The zero-order chi connectivity index (χ0) is 22.9. The lowest BCUT2D eigenvalue weighted by molar-refractivity contribution is -0.113. The Kier molecular flexibility index (Phi) is 8.62. The van der Waals surface area contributed by atoms with Crippen LogP contribution in [0, 0.1) is 0 Å². The normalized spacial score (nSPS) is 14.6. The zero-order valence-electron chi connectivity index (χ0n) is 19.1. The summed E-state index contributed by atoms with van der Waals surface area (Å²) < 4.78 is 16.6. The third-order valence-electron chi connectivity index (χ3n) is 4.76. The average molecular weight is 455 g/mol. The van der Waals surface area contributed by atoms with Crippen LogP contribution in [0.5, 0.6) is 17.2 Å². The topological polar surface area (TPSA) is 60.4 Å². The SMILES string of the molecule is CCCCSC1=NC(=Cc2ccc(OCC)c(OC)c2)C(=O)N1c1ccc(OCC)cc1. The van der Waals surface area contributed by atoms with Crippen molar-refractivity contribution >= 4 is 34.6 Å². The van der Waals surface area contributed by atoms with E-state index >= 15 is 0 Å². The lowest BCUT2D eigenvalue weighted by atomic mass is 10.1. The number of hydrogen-bond acceptors (Lipinski definition) is 6. The molecule has 6 nitrogen and oxygen atoms in total. The number of nitrogens with zero attached hydrogens (tertiary/aromatic N) is 2. The summed E-state index contributed by atoms with van der Waals surface area (Å²) in [7, 11) is 1.60. The van der Waals surface area contributed by atoms with Gasteiger partial charge in [-0.2, -0.15) is 0 Å². The molecule has 2 aromatic rings. The van der Waals surface area contributed by atoms with Crippen molar-refractivity contribution in [3.05, 3.63) is 53.7 Å². The maximum Gasteiger partial charge on any atom is 0.283 e. The molecule has 0 spiro atoms. The number of hydrogen-bond donors (Lipinski definition) is 0. The summed E-state index contributed by atoms with van der Waals surface area (Å²) in [6.07, 6.45) is 3.94. The first kappa shape index (κ1) is 23.7. The highest BCUT2D eigenvalue weighted by Crippen LogP contribution is 2.33. The van der Waals surface area contributed by atoms with Gasteiger partial charge < -0.3 is 14.2 Å². The molecule has 2 aromatic carbocycles. The second kappa shape index (κ2) is 11.6. The highest BCUT2D eigenvalue weighted by atomic mass is 32.2. The third-order valence-corrected chi connectivity index (χ3v) is 5.78. The molecule has 0 atom stereocenters. The molecular formula is C25H30N2O4S. The van der Waals surface area contributed by atoms with Gasteiger partial charge >= 0.3 is 0 Å². The molecule has 7 heteroatoms. The third kappa shape index (κ3) is 5.65. The van der Waals surface area contributed by atoms with Crippen LogP contribution in [-0.4, -0.2) is 37.2 Å². The smallest absolute Gasteiger partial charge is 0.283 e. The van der Waals surface area contributed by atoms with Crippen LogP contribution in [0.25, 0.3) is 6.08 Å². The minimum atomic E-state index is -0.152. The van der Waals surface area contributed by atoms with Crippen molar-refractivity contribution in [3.63, 3.8) is 0 Å². The number of thioether (sulfide) groups is 1. The second-order valence-electron chi connectivity index (χ2n) is 7.04. The maximum atomic E-state index is 13.3. The Morgan fingerprint density at radius 2 is 1.75 bits per heavy atom. The van der Waals surface area contributed by atoms with Crippen LogP contribution in [0.1, 0.15) is 39.2 Å². The number of aliphatic imine (C=N–C) groups is 1. The van der Waals surface area contributed by atoms with E-state index in [0.717, 1.165) is 35.6 Å². The van der Waals surface area contributed by atoms with Crippen LogP contribution in [0.3, 0.4) is 0 Å². The Morgan fingerprint density at radius 3 is 2.41 bits per heavy atom. The van der Waals surface area contributed by atoms with E-state index in [1.807, 2.05) is 56.3 Å². The highest BCUT2D eigenvalue weighted by molar-refractivity contribution is 8.14. The van der Waals surface area contributed by atoms with E-state index < -0.39 is 0 Å². The summed E-state index contributed by atoms with van der Waals surface area (Å²) in [5, 5.41) is 0.691. The number of methoxy groups -OCH3 is 1. The van der Waals surface area contributed by atoms with Crippen molar-refractivity contribution in [2.24, 2.45) is 4.99 Å². The molecular weight excluding hydrogens is 424 g/mol. The van der Waals surface area contributed by atoms with Crippen LogP contribution < -0.4 is 19.1 Å². The van der Waals surface area contributed by atoms with Crippen LogP contribution in [-0.2, 0) is 4.79 Å². The number of benzene rings is 2. The van der Waals surface area contributed by atoms with Gasteiger partial charge in [-0.15, -0.1) is 0 Å². The molecule has 3 rings (SSSR count). The molecule has 0 aromatic heterocycles. The van der Waals surface area contributed by atoms with Crippen LogP contribution >= 0.6 is 11.8 Å². The van der Waals surface area contributed by atoms with E-state index in [2.05, 4.69) is 11.9 Å². The first-order chi connectivity index (χ1) is 15.6. The lowest BCUT2D eigenvalue weighted by Crippen LogP contribution is -2.30. The van der Waals surface area contributed by atoms with Gasteiger partial charge in [-0.25, -0.2) is 4.99 Å². The van der Waals surface area contributed by atoms with E-state index in [9.17, 15) is 4.79 Å². The number of unbranched alkanes of at least 4 members (excludes halogenated alkanes) is 1. The zero-order valence-corrected chi connectivity index (χ0v) is 19.9. The summed E-state index contributed by atoms with van der Waals surface area (Å²) >= 11 is 1.60. The van der Waals surface area contributed by atoms with Gasteiger partial charge in [-0.05, 0) is 68.3 Å². The molecule has 0 saturated heterocycles. The van der Waals surface area contributed by atoms with Gasteiger partial charge in [0.1, 0.15) is 11.4 Å². The van der Waals surface area contributed by atoms with E-state index in [1.54, 1.807) is 29.8 Å². The number of carbonyl (C=O) groups is 1. The maximum absolute atomic E-state index is 13.3. The second-order valence-corrected chi connectivity index (χ2v) is 8.10. The fourth-order valence-corrected chi connectivity index (χ4v) is 4.29. The van der Waals surface area contributed by atoms with Crippen molar-refractivity contribution in [3.8, 4) is 17.2 Å². The molecule has 1 aliphatic heterocycles. The van der Waals surface area contributed by atoms with Crippen molar-refractivity contribution in [1.29, 1.82) is 0 Å². The molecule has 0 fully saturated rings. The predicted molar refractivity (Wildman–Crippen MR) is 132 cm³/mol. The fraction of sp³-hybridized carbons (Fsp3) is 0.360. The van der Waals surface area contributed by atoms with E-state index in [1.165, 1.54) is 0 Å². The summed E-state index contributed by atoms with van der Waals surface area (Å²) in [5.74, 6) is 2.82. The number of ether oxygens (including phenoxy) is 3. The number of rotatable bonds is 10. The minimum absolute atomic E-state index is 0.152. The molecule has 0 unspecified atom stereocenters. The number of anilines is 1. The fourth-order valence-electron chi connectivity index (χ4n) is 3.19. The highest BCUT2D eigenvalue weighted by Gasteiger charge is 2.32. The summed E-state index contributed by atoms with van der Waals surface area (Å²) in [4.78, 5) is 19.7. The molecule has 0 saturated carbocycles. The molecule has 0 bridgehead atoms. The molecule has 170 valence electrons. The van der Waals surface area contributed by atoms with Gasteiger partial charge in [0.25, 0.3) is 5.91 Å². The predicted octanol–water partition coefficient (Wildman–Crippen LogP) is 5.77. The molecule has 0 aliphatic carbocycles. The summed E-state index contributed by atoms with van der Waals surface area (Å²) in [6.45, 7) is 7.17. The van der Waals surface area contributed by atoms with Crippen LogP contribution in [0.15, 0.2) is 53.2 Å². The van der Waals surface area contributed by atoms with E-state index in [0.29, 0.717) is 35.6 Å². The van der Waals surface area contributed by atoms with Gasteiger partial charge in [0.15, 0.2) is 16.7 Å².